The highest BCUT2D eigenvalue weighted by atomic mass is 16.6. The molecule has 64 heavy (non-hydrogen) atoms. The standard InChI is InChI=1S/C24H35N3O3.C22H33N3O2.C4H6O3/c1-18(28)27-12-6-9-19-7-5-8-20(21(19)27)15-25-16-24(17-25)10-13-26(14-11-24)22(29)30-23(2,3)4;1-21(2,3)27-20(26)25-12-9-22(10-13-25)15-24(16-22)14-18-7-4-6-17-8-5-11-23-19(17)18;1-3(5)7-4(2)6/h5,7-8H,6,9-17H2,1-4H3;4,6-7,23H,5,8-16H2,1-3H3;1-2H3. The van der Waals surface area contributed by atoms with E-state index < -0.39 is 23.1 Å². The Hall–Kier alpha value is -4.69. The number of anilines is 2. The highest BCUT2D eigenvalue weighted by Gasteiger charge is 2.47. The normalized spacial score (nSPS) is 20.0. The molecule has 6 aliphatic rings. The summed E-state index contributed by atoms with van der Waals surface area (Å²) in [6.07, 6.45) is 8.43. The quantitative estimate of drug-likeness (QED) is 0.183. The number of hydrogen-bond acceptors (Lipinski definition) is 11. The number of nitrogens with zero attached hydrogens (tertiary/aromatic N) is 5. The smallest absolute Gasteiger partial charge is 0.410 e. The molecule has 0 bridgehead atoms. The van der Waals surface area contributed by atoms with Crippen LogP contribution >= 0.6 is 0 Å². The second kappa shape index (κ2) is 20.2. The maximum absolute atomic E-state index is 12.3. The molecule has 14 heteroatoms. The number of likely N-dealkylation sites (tertiary alicyclic amines) is 4. The first-order valence-electron chi connectivity index (χ1n) is 23.5. The van der Waals surface area contributed by atoms with Gasteiger partial charge in [-0.3, -0.25) is 24.2 Å². The van der Waals surface area contributed by atoms with Gasteiger partial charge >= 0.3 is 24.1 Å². The topological polar surface area (TPSA) is 141 Å². The molecule has 14 nitrogen and oxygen atoms in total. The number of hydrogen-bond donors (Lipinski definition) is 1. The van der Waals surface area contributed by atoms with Gasteiger partial charge in [-0.2, -0.15) is 0 Å². The molecule has 4 saturated heterocycles. The summed E-state index contributed by atoms with van der Waals surface area (Å²) in [5.74, 6) is -0.988. The van der Waals surface area contributed by atoms with E-state index in [4.69, 9.17) is 9.47 Å². The van der Waals surface area contributed by atoms with E-state index in [2.05, 4.69) is 56.3 Å². The largest absolute Gasteiger partial charge is 0.444 e. The van der Waals surface area contributed by atoms with Crippen molar-refractivity contribution in [1.29, 1.82) is 0 Å². The fraction of sp³-hybridized carbons (Fsp3) is 0.660. The van der Waals surface area contributed by atoms with Gasteiger partial charge in [-0.1, -0.05) is 36.4 Å². The fourth-order valence-corrected chi connectivity index (χ4v) is 10.2. The van der Waals surface area contributed by atoms with Crippen molar-refractivity contribution in [2.75, 3.05) is 75.7 Å². The van der Waals surface area contributed by atoms with Crippen LogP contribution in [0.3, 0.4) is 0 Å². The second-order valence-corrected chi connectivity index (χ2v) is 21.0. The molecule has 8 rings (SSSR count). The number of ether oxygens (including phenoxy) is 3. The van der Waals surface area contributed by atoms with Crippen LogP contribution in [0.25, 0.3) is 0 Å². The molecular formula is C50H74N6O8. The lowest BCUT2D eigenvalue weighted by Gasteiger charge is -2.54. The molecule has 6 heterocycles. The molecule has 0 radical (unpaired) electrons. The molecule has 0 unspecified atom stereocenters. The molecule has 2 aromatic carbocycles. The van der Waals surface area contributed by atoms with Gasteiger partial charge in [0, 0.05) is 105 Å². The highest BCUT2D eigenvalue weighted by Crippen LogP contribution is 2.44. The molecule has 1 N–H and O–H groups in total. The van der Waals surface area contributed by atoms with Crippen molar-refractivity contribution in [2.24, 2.45) is 10.8 Å². The minimum Gasteiger partial charge on any atom is -0.444 e. The summed E-state index contributed by atoms with van der Waals surface area (Å²) in [7, 11) is 0. The number of piperidine rings is 2. The van der Waals surface area contributed by atoms with Gasteiger partial charge in [-0.25, -0.2) is 9.59 Å². The average molecular weight is 887 g/mol. The molecule has 4 fully saturated rings. The SMILES string of the molecule is CC(=O)N1CCCc2cccc(CN3CC4(CCN(C(=O)OC(C)(C)C)CC4)C3)c21.CC(=O)OC(C)=O.CC(C)(C)OC(=O)N1CCC2(CC1)CN(Cc1cccc3c1NCCC3)C2. The zero-order chi connectivity index (χ0) is 46.5. The van der Waals surface area contributed by atoms with Crippen LogP contribution in [0.4, 0.5) is 21.0 Å². The van der Waals surface area contributed by atoms with Crippen molar-refractivity contribution in [1.82, 2.24) is 19.6 Å². The minimum atomic E-state index is -0.562. The first-order valence-corrected chi connectivity index (χ1v) is 23.5. The summed E-state index contributed by atoms with van der Waals surface area (Å²) in [5, 5.41) is 3.61. The minimum absolute atomic E-state index is 0.137. The lowest BCUT2D eigenvalue weighted by atomic mass is 9.72. The Morgan fingerprint density at radius 3 is 1.52 bits per heavy atom. The van der Waals surface area contributed by atoms with Crippen molar-refractivity contribution in [3.05, 3.63) is 58.7 Å². The van der Waals surface area contributed by atoms with E-state index >= 15 is 0 Å². The molecule has 0 saturated carbocycles. The van der Waals surface area contributed by atoms with Crippen LogP contribution in [0, 0.1) is 10.8 Å². The van der Waals surface area contributed by atoms with E-state index in [-0.39, 0.29) is 18.1 Å². The van der Waals surface area contributed by atoms with E-state index in [1.165, 1.54) is 54.6 Å². The number of carbonyl (C=O) groups excluding carboxylic acids is 5. The lowest BCUT2D eigenvalue weighted by molar-refractivity contribution is -0.156. The number of rotatable bonds is 4. The number of aryl methyl sites for hydroxylation is 2. The molecule has 352 valence electrons. The predicted molar refractivity (Wildman–Crippen MR) is 248 cm³/mol. The molecule has 0 atom stereocenters. The van der Waals surface area contributed by atoms with Crippen molar-refractivity contribution in [3.8, 4) is 0 Å². The first-order chi connectivity index (χ1) is 30.1. The van der Waals surface area contributed by atoms with Crippen LogP contribution < -0.4 is 10.2 Å². The van der Waals surface area contributed by atoms with Crippen LogP contribution in [-0.4, -0.2) is 126 Å². The van der Waals surface area contributed by atoms with Gasteiger partial charge in [0.15, 0.2) is 0 Å². The molecule has 0 aliphatic carbocycles. The van der Waals surface area contributed by atoms with Crippen LogP contribution in [0.1, 0.15) is 123 Å². The molecule has 6 aliphatic heterocycles. The molecule has 2 spiro atoms. The number of benzene rings is 2. The van der Waals surface area contributed by atoms with Gasteiger partial charge in [0.25, 0.3) is 0 Å². The Kier molecular flexibility index (Phi) is 15.4. The van der Waals surface area contributed by atoms with E-state index in [1.54, 1.807) is 6.92 Å². The Labute approximate surface area is 381 Å². The Bertz CT molecular complexity index is 1980. The number of amides is 3. The maximum atomic E-state index is 12.3. The second-order valence-electron chi connectivity index (χ2n) is 21.0. The van der Waals surface area contributed by atoms with Crippen molar-refractivity contribution in [2.45, 2.75) is 138 Å². The summed E-state index contributed by atoms with van der Waals surface area (Å²) >= 11 is 0. The number of esters is 2. The summed E-state index contributed by atoms with van der Waals surface area (Å²) in [6.45, 7) is 27.0. The lowest BCUT2D eigenvalue weighted by Crippen LogP contribution is -2.60. The molecule has 0 aromatic heterocycles. The third-order valence-corrected chi connectivity index (χ3v) is 13.1. The average Bonchev–Trinajstić information content (AvgIpc) is 3.19. The van der Waals surface area contributed by atoms with Gasteiger partial charge < -0.3 is 34.2 Å². The number of para-hydroxylation sites is 2. The highest BCUT2D eigenvalue weighted by molar-refractivity contribution is 5.93. The van der Waals surface area contributed by atoms with Gasteiger partial charge in [-0.05, 0) is 126 Å². The number of nitrogens with one attached hydrogen (secondary N) is 1. The third kappa shape index (κ3) is 13.0. The summed E-state index contributed by atoms with van der Waals surface area (Å²) in [4.78, 5) is 67.1. The molecular weight excluding hydrogens is 813 g/mol. The van der Waals surface area contributed by atoms with Crippen LogP contribution in [0.2, 0.25) is 0 Å². The van der Waals surface area contributed by atoms with Crippen molar-refractivity contribution < 1.29 is 38.2 Å². The first kappa shape index (κ1) is 48.8. The summed E-state index contributed by atoms with van der Waals surface area (Å²) < 4.78 is 15.0. The van der Waals surface area contributed by atoms with Crippen LogP contribution in [0.5, 0.6) is 0 Å². The maximum Gasteiger partial charge on any atom is 0.410 e. The van der Waals surface area contributed by atoms with Crippen molar-refractivity contribution >= 4 is 41.4 Å². The molecule has 2 aromatic rings. The fourth-order valence-electron chi connectivity index (χ4n) is 10.2. The van der Waals surface area contributed by atoms with Crippen LogP contribution in [-0.2, 0) is 54.5 Å². The summed E-state index contributed by atoms with van der Waals surface area (Å²) in [6, 6.07) is 13.2. The summed E-state index contributed by atoms with van der Waals surface area (Å²) in [5.41, 5.74) is 7.88. The van der Waals surface area contributed by atoms with E-state index in [0.29, 0.717) is 10.8 Å². The van der Waals surface area contributed by atoms with Gasteiger partial charge in [-0.15, -0.1) is 0 Å². The number of fused-ring (bicyclic) bond motifs is 2. The Morgan fingerprint density at radius 2 is 1.06 bits per heavy atom. The Morgan fingerprint density at radius 1 is 0.609 bits per heavy atom. The zero-order valence-electron chi connectivity index (χ0n) is 40.1. The monoisotopic (exact) mass is 887 g/mol. The predicted octanol–water partition coefficient (Wildman–Crippen LogP) is 7.79. The third-order valence-electron chi connectivity index (χ3n) is 13.1. The van der Waals surface area contributed by atoms with Gasteiger partial charge in [0.1, 0.15) is 11.2 Å². The van der Waals surface area contributed by atoms with Crippen LogP contribution in [0.15, 0.2) is 36.4 Å². The van der Waals surface area contributed by atoms with Gasteiger partial charge in [0.05, 0.1) is 5.69 Å². The van der Waals surface area contributed by atoms with Gasteiger partial charge in [0.2, 0.25) is 5.91 Å². The van der Waals surface area contributed by atoms with E-state index in [0.717, 1.165) is 123 Å². The van der Waals surface area contributed by atoms with E-state index in [1.807, 2.05) is 56.2 Å². The van der Waals surface area contributed by atoms with Crippen molar-refractivity contribution in [3.63, 3.8) is 0 Å². The zero-order valence-corrected chi connectivity index (χ0v) is 40.1. The number of carbonyl (C=O) groups is 5. The van der Waals surface area contributed by atoms with E-state index in [9.17, 15) is 24.0 Å². The Balaban J connectivity index is 0.000000186. The molecule has 3 amide bonds.